The van der Waals surface area contributed by atoms with Crippen LogP contribution in [0.1, 0.15) is 5.56 Å². The average molecular weight is 331 g/mol. The van der Waals surface area contributed by atoms with Crippen LogP contribution >= 0.6 is 11.8 Å². The number of aromatic nitrogens is 2. The zero-order valence-corrected chi connectivity index (χ0v) is 14.1. The minimum Gasteiger partial charge on any atom is -0.486 e. The third kappa shape index (κ3) is 3.19. The summed E-state index contributed by atoms with van der Waals surface area (Å²) in [5.41, 5.74) is 3.41. The van der Waals surface area contributed by atoms with Gasteiger partial charge in [0.05, 0.1) is 5.69 Å². The number of aryl methyl sites for hydroxylation is 1. The maximum atomic E-state index is 5.71. The van der Waals surface area contributed by atoms with Gasteiger partial charge in [0.15, 0.2) is 11.5 Å². The second-order valence-electron chi connectivity index (χ2n) is 5.92. The molecule has 4 rings (SSSR count). The molecule has 1 fully saturated rings. The van der Waals surface area contributed by atoms with Crippen LogP contribution in [0.4, 0.5) is 0 Å². The normalized spacial score (nSPS) is 18.1. The Hall–Kier alpha value is -1.66. The number of thioether (sulfide) groups is 1. The average Bonchev–Trinajstić information content (AvgIpc) is 2.96. The molecular formula is C17H21N3O2S. The van der Waals surface area contributed by atoms with Gasteiger partial charge in [0.2, 0.25) is 0 Å². The number of rotatable bonds is 3. The van der Waals surface area contributed by atoms with Crippen molar-refractivity contribution in [2.75, 3.05) is 37.8 Å². The van der Waals surface area contributed by atoms with Crippen LogP contribution < -0.4 is 9.47 Å². The van der Waals surface area contributed by atoms with Crippen molar-refractivity contribution >= 4 is 11.8 Å². The van der Waals surface area contributed by atoms with Gasteiger partial charge in [0.1, 0.15) is 13.2 Å². The monoisotopic (exact) mass is 331 g/mol. The summed E-state index contributed by atoms with van der Waals surface area (Å²) in [6.45, 7) is 4.49. The first kappa shape index (κ1) is 14.9. The summed E-state index contributed by atoms with van der Waals surface area (Å²) in [6.07, 6.45) is 2.13. The first-order chi connectivity index (χ1) is 11.3. The van der Waals surface area contributed by atoms with Crippen LogP contribution in [0, 0.1) is 0 Å². The van der Waals surface area contributed by atoms with Gasteiger partial charge in [-0.3, -0.25) is 9.58 Å². The van der Waals surface area contributed by atoms with Gasteiger partial charge < -0.3 is 9.47 Å². The first-order valence-electron chi connectivity index (χ1n) is 8.02. The molecule has 2 aliphatic heterocycles. The van der Waals surface area contributed by atoms with E-state index < -0.39 is 0 Å². The standard InChI is InChI=1S/C17H21N3O2S/c1-19-11-14(12-20-4-8-23-9-5-20)17(18-19)13-2-3-15-16(10-13)22-7-6-21-15/h2-3,10-11H,4-9,12H2,1H3. The first-order valence-corrected chi connectivity index (χ1v) is 9.18. The number of ether oxygens (including phenoxy) is 2. The van der Waals surface area contributed by atoms with Crippen LogP contribution in [0.25, 0.3) is 11.3 Å². The smallest absolute Gasteiger partial charge is 0.162 e. The van der Waals surface area contributed by atoms with Gasteiger partial charge in [-0.2, -0.15) is 16.9 Å². The van der Waals surface area contributed by atoms with Crippen LogP contribution in [0.5, 0.6) is 11.5 Å². The van der Waals surface area contributed by atoms with Crippen molar-refractivity contribution in [2.45, 2.75) is 6.54 Å². The fourth-order valence-corrected chi connectivity index (χ4v) is 4.07. The highest BCUT2D eigenvalue weighted by atomic mass is 32.2. The Balaban J connectivity index is 1.63. The summed E-state index contributed by atoms with van der Waals surface area (Å²) in [5, 5.41) is 4.68. The summed E-state index contributed by atoms with van der Waals surface area (Å²) in [6, 6.07) is 6.11. The Labute approximate surface area is 140 Å². The van der Waals surface area contributed by atoms with Crippen molar-refractivity contribution in [3.63, 3.8) is 0 Å². The van der Waals surface area contributed by atoms with E-state index in [-0.39, 0.29) is 0 Å². The van der Waals surface area contributed by atoms with Gasteiger partial charge in [-0.05, 0) is 18.2 Å². The van der Waals surface area contributed by atoms with E-state index in [4.69, 9.17) is 9.47 Å². The summed E-state index contributed by atoms with van der Waals surface area (Å²) in [5.74, 6) is 4.09. The van der Waals surface area contributed by atoms with E-state index in [0.717, 1.165) is 42.4 Å². The largest absolute Gasteiger partial charge is 0.486 e. The van der Waals surface area contributed by atoms with Crippen molar-refractivity contribution in [3.05, 3.63) is 30.0 Å². The van der Waals surface area contributed by atoms with Gasteiger partial charge >= 0.3 is 0 Å². The second kappa shape index (κ2) is 6.45. The van der Waals surface area contributed by atoms with Gasteiger partial charge in [0.25, 0.3) is 0 Å². The maximum Gasteiger partial charge on any atom is 0.162 e. The fraction of sp³-hybridized carbons (Fsp3) is 0.471. The molecular weight excluding hydrogens is 310 g/mol. The molecule has 2 aliphatic rings. The zero-order valence-electron chi connectivity index (χ0n) is 13.3. The molecule has 0 radical (unpaired) electrons. The lowest BCUT2D eigenvalue weighted by Crippen LogP contribution is -2.32. The fourth-order valence-electron chi connectivity index (χ4n) is 3.09. The molecule has 5 nitrogen and oxygen atoms in total. The molecule has 2 aromatic rings. The highest BCUT2D eigenvalue weighted by Crippen LogP contribution is 2.35. The molecule has 1 aromatic carbocycles. The predicted octanol–water partition coefficient (Wildman–Crippen LogP) is 2.41. The molecule has 0 N–H and O–H groups in total. The molecule has 0 atom stereocenters. The van der Waals surface area contributed by atoms with Crippen LogP contribution in [-0.4, -0.2) is 52.5 Å². The third-order valence-corrected chi connectivity index (χ3v) is 5.16. The quantitative estimate of drug-likeness (QED) is 0.864. The number of benzene rings is 1. The molecule has 0 saturated carbocycles. The molecule has 0 amide bonds. The molecule has 122 valence electrons. The summed E-state index contributed by atoms with van der Waals surface area (Å²) < 4.78 is 13.2. The lowest BCUT2D eigenvalue weighted by Gasteiger charge is -2.26. The lowest BCUT2D eigenvalue weighted by molar-refractivity contribution is 0.171. The Morgan fingerprint density at radius 3 is 2.74 bits per heavy atom. The van der Waals surface area contributed by atoms with Crippen molar-refractivity contribution in [2.24, 2.45) is 7.05 Å². The minimum atomic E-state index is 0.608. The summed E-state index contributed by atoms with van der Waals surface area (Å²) in [4.78, 5) is 2.51. The summed E-state index contributed by atoms with van der Waals surface area (Å²) in [7, 11) is 1.98. The number of fused-ring (bicyclic) bond motifs is 1. The SMILES string of the molecule is Cn1cc(CN2CCSCC2)c(-c2ccc3c(c2)OCCO3)n1. The maximum absolute atomic E-state index is 5.71. The molecule has 0 aliphatic carbocycles. The molecule has 0 bridgehead atoms. The van der Waals surface area contributed by atoms with E-state index in [2.05, 4.69) is 22.3 Å². The third-order valence-electron chi connectivity index (χ3n) is 4.22. The van der Waals surface area contributed by atoms with E-state index in [9.17, 15) is 0 Å². The highest BCUT2D eigenvalue weighted by molar-refractivity contribution is 7.99. The Morgan fingerprint density at radius 1 is 1.13 bits per heavy atom. The molecule has 1 aromatic heterocycles. The van der Waals surface area contributed by atoms with Crippen molar-refractivity contribution in [1.82, 2.24) is 14.7 Å². The molecule has 3 heterocycles. The number of hydrogen-bond acceptors (Lipinski definition) is 5. The Bertz CT molecular complexity index is 695. The zero-order chi connectivity index (χ0) is 15.6. The van der Waals surface area contributed by atoms with Gasteiger partial charge in [-0.15, -0.1) is 0 Å². The Kier molecular flexibility index (Phi) is 4.18. The van der Waals surface area contributed by atoms with Crippen LogP contribution in [0.3, 0.4) is 0 Å². The number of hydrogen-bond donors (Lipinski definition) is 0. The van der Waals surface area contributed by atoms with Crippen molar-refractivity contribution in [3.8, 4) is 22.8 Å². The van der Waals surface area contributed by atoms with Crippen LogP contribution in [-0.2, 0) is 13.6 Å². The molecule has 0 unspecified atom stereocenters. The minimum absolute atomic E-state index is 0.608. The molecule has 23 heavy (non-hydrogen) atoms. The van der Waals surface area contributed by atoms with E-state index in [0.29, 0.717) is 13.2 Å². The van der Waals surface area contributed by atoms with Crippen molar-refractivity contribution in [1.29, 1.82) is 0 Å². The molecule has 1 saturated heterocycles. The van der Waals surface area contributed by atoms with E-state index in [1.54, 1.807) is 0 Å². The summed E-state index contributed by atoms with van der Waals surface area (Å²) >= 11 is 2.04. The predicted molar refractivity (Wildman–Crippen MR) is 92.2 cm³/mol. The van der Waals surface area contributed by atoms with Gasteiger partial charge in [-0.25, -0.2) is 0 Å². The topological polar surface area (TPSA) is 39.5 Å². The van der Waals surface area contributed by atoms with Gasteiger partial charge in [-0.1, -0.05) is 0 Å². The highest BCUT2D eigenvalue weighted by Gasteiger charge is 2.18. The van der Waals surface area contributed by atoms with Crippen LogP contribution in [0.15, 0.2) is 24.4 Å². The van der Waals surface area contributed by atoms with Gasteiger partial charge in [0, 0.05) is 55.5 Å². The number of nitrogens with zero attached hydrogens (tertiary/aromatic N) is 3. The van der Waals surface area contributed by atoms with E-state index >= 15 is 0 Å². The molecule has 6 heteroatoms. The van der Waals surface area contributed by atoms with Crippen molar-refractivity contribution < 1.29 is 9.47 Å². The lowest BCUT2D eigenvalue weighted by atomic mass is 10.1. The van der Waals surface area contributed by atoms with Crippen LogP contribution in [0.2, 0.25) is 0 Å². The Morgan fingerprint density at radius 2 is 1.91 bits per heavy atom. The van der Waals surface area contributed by atoms with E-state index in [1.165, 1.54) is 17.1 Å². The van der Waals surface area contributed by atoms with E-state index in [1.807, 2.05) is 35.6 Å². The molecule has 0 spiro atoms. The second-order valence-corrected chi connectivity index (χ2v) is 7.15.